The maximum absolute atomic E-state index is 12.6. The van der Waals surface area contributed by atoms with Crippen molar-refractivity contribution in [2.24, 2.45) is 0 Å². The number of aliphatic hydroxyl groups excluding tert-OH is 1. The molecule has 9 heteroatoms. The molecule has 0 radical (unpaired) electrons. The van der Waals surface area contributed by atoms with Crippen molar-refractivity contribution < 1.29 is 27.1 Å². The topological polar surface area (TPSA) is 45.1 Å². The van der Waals surface area contributed by atoms with Crippen LogP contribution in [-0.4, -0.2) is 29.2 Å². The Morgan fingerprint density at radius 1 is 1.39 bits per heavy atom. The first-order chi connectivity index (χ1) is 8.21. The second-order valence-corrected chi connectivity index (χ2v) is 4.25. The highest BCUT2D eigenvalue weighted by molar-refractivity contribution is 9.10. The molecule has 0 aromatic carbocycles. The molecule has 0 saturated carbocycles. The van der Waals surface area contributed by atoms with Gasteiger partial charge in [0.25, 0.3) is 6.43 Å². The molecule has 0 aliphatic heterocycles. The standard InChI is InChI=1S/C9H8BrF5N2O/c10-4-1-5(9(13,14)15)8(16-2-4)17-3-6(18)7(11)12/h1-2,6-7,18H,3H2,(H,16,17). The fraction of sp³-hybridized carbons (Fsp3) is 0.444. The summed E-state index contributed by atoms with van der Waals surface area (Å²) >= 11 is 2.83. The molecule has 0 amide bonds. The lowest BCUT2D eigenvalue weighted by Gasteiger charge is -2.15. The summed E-state index contributed by atoms with van der Waals surface area (Å²) in [7, 11) is 0. The second-order valence-electron chi connectivity index (χ2n) is 3.33. The van der Waals surface area contributed by atoms with E-state index in [1.807, 2.05) is 5.32 Å². The van der Waals surface area contributed by atoms with Crippen LogP contribution in [0.25, 0.3) is 0 Å². The molecule has 0 aliphatic rings. The monoisotopic (exact) mass is 334 g/mol. The second kappa shape index (κ2) is 5.79. The number of hydrogen-bond donors (Lipinski definition) is 2. The number of hydrogen-bond acceptors (Lipinski definition) is 3. The minimum atomic E-state index is -4.67. The lowest BCUT2D eigenvalue weighted by molar-refractivity contribution is -0.137. The van der Waals surface area contributed by atoms with Gasteiger partial charge >= 0.3 is 6.18 Å². The summed E-state index contributed by atoms with van der Waals surface area (Å²) in [5.74, 6) is -0.606. The van der Waals surface area contributed by atoms with Crippen LogP contribution in [0.1, 0.15) is 5.56 Å². The average molecular weight is 335 g/mol. The number of aliphatic hydroxyl groups is 1. The molecule has 2 N–H and O–H groups in total. The van der Waals surface area contributed by atoms with Crippen molar-refractivity contribution in [3.05, 3.63) is 22.3 Å². The minimum absolute atomic E-state index is 0.106. The molecule has 0 bridgehead atoms. The first-order valence-electron chi connectivity index (χ1n) is 4.64. The van der Waals surface area contributed by atoms with Crippen LogP contribution < -0.4 is 5.32 Å². The highest BCUT2D eigenvalue weighted by Gasteiger charge is 2.35. The van der Waals surface area contributed by atoms with Crippen LogP contribution in [0.2, 0.25) is 0 Å². The zero-order valence-electron chi connectivity index (χ0n) is 8.68. The van der Waals surface area contributed by atoms with Gasteiger partial charge in [0, 0.05) is 17.2 Å². The molecule has 0 saturated heterocycles. The van der Waals surface area contributed by atoms with Gasteiger partial charge in [-0.2, -0.15) is 13.2 Å². The number of rotatable bonds is 4. The van der Waals surface area contributed by atoms with Gasteiger partial charge in [0.1, 0.15) is 11.9 Å². The van der Waals surface area contributed by atoms with Crippen molar-refractivity contribution in [1.29, 1.82) is 0 Å². The molecule has 0 aliphatic carbocycles. The van der Waals surface area contributed by atoms with Gasteiger partial charge in [0.15, 0.2) is 0 Å². The number of halogens is 6. The maximum atomic E-state index is 12.6. The lowest BCUT2D eigenvalue weighted by Crippen LogP contribution is -2.28. The van der Waals surface area contributed by atoms with E-state index in [1.54, 1.807) is 0 Å². The summed E-state index contributed by atoms with van der Waals surface area (Å²) in [4.78, 5) is 3.44. The van der Waals surface area contributed by atoms with Crippen LogP contribution in [0.5, 0.6) is 0 Å². The van der Waals surface area contributed by atoms with Gasteiger partial charge in [-0.15, -0.1) is 0 Å². The fourth-order valence-electron chi connectivity index (χ4n) is 1.09. The maximum Gasteiger partial charge on any atom is 0.419 e. The Morgan fingerprint density at radius 2 is 2.00 bits per heavy atom. The molecule has 0 fully saturated rings. The number of pyridine rings is 1. The Kier molecular flexibility index (Phi) is 4.85. The van der Waals surface area contributed by atoms with Crippen molar-refractivity contribution in [2.75, 3.05) is 11.9 Å². The van der Waals surface area contributed by atoms with Crippen LogP contribution in [0.3, 0.4) is 0 Å². The van der Waals surface area contributed by atoms with E-state index in [4.69, 9.17) is 5.11 Å². The van der Waals surface area contributed by atoms with Crippen LogP contribution in [0.4, 0.5) is 27.8 Å². The molecule has 1 unspecified atom stereocenters. The number of aromatic nitrogens is 1. The predicted molar refractivity (Wildman–Crippen MR) is 57.4 cm³/mol. The summed E-state index contributed by atoms with van der Waals surface area (Å²) < 4.78 is 61.9. The first kappa shape index (κ1) is 15.1. The molecule has 1 rings (SSSR count). The van der Waals surface area contributed by atoms with E-state index in [-0.39, 0.29) is 4.47 Å². The molecule has 0 spiro atoms. The van der Waals surface area contributed by atoms with Gasteiger partial charge in [-0.25, -0.2) is 13.8 Å². The molecule has 3 nitrogen and oxygen atoms in total. The Labute approximate surface area is 107 Å². The zero-order chi connectivity index (χ0) is 13.9. The largest absolute Gasteiger partial charge is 0.419 e. The van der Waals surface area contributed by atoms with Crippen LogP contribution in [0.15, 0.2) is 16.7 Å². The number of nitrogens with zero attached hydrogens (tertiary/aromatic N) is 1. The van der Waals surface area contributed by atoms with Gasteiger partial charge in [-0.3, -0.25) is 0 Å². The SMILES string of the molecule is OC(CNc1ncc(Br)cc1C(F)(F)F)C(F)F. The highest BCUT2D eigenvalue weighted by atomic mass is 79.9. The van der Waals surface area contributed by atoms with Gasteiger partial charge in [0.2, 0.25) is 0 Å². The molecule has 1 aromatic rings. The van der Waals surface area contributed by atoms with Crippen molar-refractivity contribution >= 4 is 21.7 Å². The quantitative estimate of drug-likeness (QED) is 0.832. The molecule has 1 atom stereocenters. The fourth-order valence-corrected chi connectivity index (χ4v) is 1.42. The number of alkyl halides is 5. The van der Waals surface area contributed by atoms with E-state index >= 15 is 0 Å². The van der Waals surface area contributed by atoms with Gasteiger partial charge < -0.3 is 10.4 Å². The third-order valence-corrected chi connectivity index (χ3v) is 2.36. The normalized spacial score (nSPS) is 13.8. The molecule has 102 valence electrons. The van der Waals surface area contributed by atoms with Crippen molar-refractivity contribution in [2.45, 2.75) is 18.7 Å². The van der Waals surface area contributed by atoms with E-state index in [9.17, 15) is 22.0 Å². The summed E-state index contributed by atoms with van der Waals surface area (Å²) in [6.45, 7) is -0.727. The Bertz CT molecular complexity index is 412. The minimum Gasteiger partial charge on any atom is -0.385 e. The summed E-state index contributed by atoms with van der Waals surface area (Å²) in [6.07, 6.45) is -8.68. The Morgan fingerprint density at radius 3 is 2.50 bits per heavy atom. The highest BCUT2D eigenvalue weighted by Crippen LogP contribution is 2.35. The average Bonchev–Trinajstić information content (AvgIpc) is 2.25. The van der Waals surface area contributed by atoms with Gasteiger partial charge in [-0.1, -0.05) is 0 Å². The molecule has 18 heavy (non-hydrogen) atoms. The zero-order valence-corrected chi connectivity index (χ0v) is 10.3. The van der Waals surface area contributed by atoms with Gasteiger partial charge in [0.05, 0.1) is 5.56 Å². The van der Waals surface area contributed by atoms with Gasteiger partial charge in [-0.05, 0) is 22.0 Å². The molecule has 1 aromatic heterocycles. The molecular weight excluding hydrogens is 327 g/mol. The Balaban J connectivity index is 2.89. The van der Waals surface area contributed by atoms with E-state index in [0.29, 0.717) is 0 Å². The van der Waals surface area contributed by atoms with E-state index < -0.39 is 36.6 Å². The van der Waals surface area contributed by atoms with Crippen molar-refractivity contribution in [3.8, 4) is 0 Å². The van der Waals surface area contributed by atoms with E-state index in [2.05, 4.69) is 20.9 Å². The predicted octanol–water partition coefficient (Wildman–Crippen LogP) is 2.90. The molecule has 1 heterocycles. The van der Waals surface area contributed by atoms with Crippen LogP contribution in [-0.2, 0) is 6.18 Å². The van der Waals surface area contributed by atoms with Crippen molar-refractivity contribution in [1.82, 2.24) is 4.98 Å². The third kappa shape index (κ3) is 4.05. The summed E-state index contributed by atoms with van der Waals surface area (Å²) in [5.41, 5.74) is -1.10. The summed E-state index contributed by atoms with van der Waals surface area (Å²) in [6, 6.07) is 0.768. The smallest absolute Gasteiger partial charge is 0.385 e. The number of anilines is 1. The first-order valence-corrected chi connectivity index (χ1v) is 5.44. The van der Waals surface area contributed by atoms with Crippen LogP contribution in [0, 0.1) is 0 Å². The van der Waals surface area contributed by atoms with E-state index in [0.717, 1.165) is 12.3 Å². The van der Waals surface area contributed by atoms with E-state index in [1.165, 1.54) is 0 Å². The van der Waals surface area contributed by atoms with Crippen LogP contribution >= 0.6 is 15.9 Å². The lowest BCUT2D eigenvalue weighted by atomic mass is 10.2. The third-order valence-electron chi connectivity index (χ3n) is 1.93. The number of nitrogens with one attached hydrogen (secondary N) is 1. The molecular formula is C9H8BrF5N2O. The van der Waals surface area contributed by atoms with Crippen molar-refractivity contribution in [3.63, 3.8) is 0 Å². The summed E-state index contributed by atoms with van der Waals surface area (Å²) in [5, 5.41) is 10.9. The Hall–Kier alpha value is -0.960.